The quantitative estimate of drug-likeness (QED) is 0.490. The summed E-state index contributed by atoms with van der Waals surface area (Å²) >= 11 is 0. The lowest BCUT2D eigenvalue weighted by atomic mass is 10.0. The van der Waals surface area contributed by atoms with Crippen molar-refractivity contribution in [3.63, 3.8) is 0 Å². The van der Waals surface area contributed by atoms with Gasteiger partial charge in [-0.1, -0.05) is 47.6 Å². The third-order valence-electron chi connectivity index (χ3n) is 5.20. The molecule has 0 saturated carbocycles. The molecule has 7 heteroatoms. The number of furan rings is 1. The van der Waals surface area contributed by atoms with Crippen LogP contribution in [0.5, 0.6) is 0 Å². The number of benzene rings is 2. The van der Waals surface area contributed by atoms with Crippen LogP contribution in [0.1, 0.15) is 23.3 Å². The standard InChI is InChI=1S/C25H27FN2O4/c26-21-9-4-6-19(12-21)14-28(15-22(29)17-30-18-23-10-5-11-31-23)16-24-13-25(27-32-24)20-7-2-1-3-8-20/h1-12,22,24,29H,13-18H2/t22-,24-/m1/s1. The second-order valence-corrected chi connectivity index (χ2v) is 7.91. The second-order valence-electron chi connectivity index (χ2n) is 7.91. The van der Waals surface area contributed by atoms with Crippen LogP contribution in [-0.2, 0) is 22.7 Å². The van der Waals surface area contributed by atoms with E-state index in [0.29, 0.717) is 38.4 Å². The molecule has 168 valence electrons. The molecular formula is C25H27FN2O4. The summed E-state index contributed by atoms with van der Waals surface area (Å²) in [4.78, 5) is 7.72. The first kappa shape index (κ1) is 22.2. The first-order chi connectivity index (χ1) is 15.7. The van der Waals surface area contributed by atoms with Crippen molar-refractivity contribution < 1.29 is 23.5 Å². The Labute approximate surface area is 186 Å². The SMILES string of the molecule is O[C@@H](COCc1ccco1)CN(Cc1cccc(F)c1)C[C@H]1CC(c2ccccc2)=NO1. The van der Waals surface area contributed by atoms with Gasteiger partial charge in [-0.05, 0) is 35.4 Å². The third kappa shape index (κ3) is 6.50. The maximum atomic E-state index is 13.7. The molecule has 2 aromatic carbocycles. The van der Waals surface area contributed by atoms with Crippen LogP contribution in [0.25, 0.3) is 0 Å². The van der Waals surface area contributed by atoms with Crippen molar-refractivity contribution in [3.8, 4) is 0 Å². The van der Waals surface area contributed by atoms with Crippen molar-refractivity contribution in [2.24, 2.45) is 5.16 Å². The lowest BCUT2D eigenvalue weighted by Gasteiger charge is -2.27. The third-order valence-corrected chi connectivity index (χ3v) is 5.20. The van der Waals surface area contributed by atoms with Crippen molar-refractivity contribution in [1.29, 1.82) is 0 Å². The van der Waals surface area contributed by atoms with Gasteiger partial charge in [0.05, 0.1) is 24.7 Å². The molecule has 4 rings (SSSR count). The zero-order chi connectivity index (χ0) is 22.2. The van der Waals surface area contributed by atoms with Crippen LogP contribution in [0.2, 0.25) is 0 Å². The number of rotatable bonds is 11. The molecule has 0 radical (unpaired) electrons. The van der Waals surface area contributed by atoms with E-state index in [1.807, 2.05) is 47.4 Å². The van der Waals surface area contributed by atoms with E-state index in [-0.39, 0.29) is 18.5 Å². The number of aliphatic hydroxyl groups excluding tert-OH is 1. The van der Waals surface area contributed by atoms with Crippen LogP contribution in [0.4, 0.5) is 4.39 Å². The van der Waals surface area contributed by atoms with E-state index in [1.54, 1.807) is 18.4 Å². The van der Waals surface area contributed by atoms with Gasteiger partial charge in [-0.25, -0.2) is 4.39 Å². The molecule has 0 saturated heterocycles. The second kappa shape index (κ2) is 11.0. The number of halogens is 1. The molecular weight excluding hydrogens is 411 g/mol. The first-order valence-electron chi connectivity index (χ1n) is 10.7. The molecule has 6 nitrogen and oxygen atoms in total. The van der Waals surface area contributed by atoms with Gasteiger partial charge in [-0.3, -0.25) is 4.90 Å². The van der Waals surface area contributed by atoms with Gasteiger partial charge in [0.1, 0.15) is 24.3 Å². The van der Waals surface area contributed by atoms with Gasteiger partial charge in [-0.15, -0.1) is 0 Å². The summed E-state index contributed by atoms with van der Waals surface area (Å²) in [6.07, 6.45) is 1.40. The van der Waals surface area contributed by atoms with Crippen LogP contribution >= 0.6 is 0 Å². The fourth-order valence-corrected chi connectivity index (χ4v) is 3.75. The number of aliphatic hydroxyl groups is 1. The van der Waals surface area contributed by atoms with Gasteiger partial charge in [-0.2, -0.15) is 0 Å². The fraction of sp³-hybridized carbons (Fsp3) is 0.320. The molecule has 2 atom stereocenters. The summed E-state index contributed by atoms with van der Waals surface area (Å²) in [5, 5.41) is 14.8. The van der Waals surface area contributed by atoms with E-state index in [4.69, 9.17) is 14.0 Å². The molecule has 0 spiro atoms. The van der Waals surface area contributed by atoms with Gasteiger partial charge in [0, 0.05) is 26.1 Å². The van der Waals surface area contributed by atoms with E-state index in [1.165, 1.54) is 12.1 Å². The zero-order valence-electron chi connectivity index (χ0n) is 17.8. The molecule has 3 aromatic rings. The number of ether oxygens (including phenoxy) is 1. The number of hydrogen-bond acceptors (Lipinski definition) is 6. The topological polar surface area (TPSA) is 67.4 Å². The lowest BCUT2D eigenvalue weighted by molar-refractivity contribution is -0.00957. The Morgan fingerprint density at radius 2 is 2.00 bits per heavy atom. The first-order valence-corrected chi connectivity index (χ1v) is 10.7. The van der Waals surface area contributed by atoms with Gasteiger partial charge in [0.2, 0.25) is 0 Å². The van der Waals surface area contributed by atoms with Crippen molar-refractivity contribution in [1.82, 2.24) is 4.90 Å². The molecule has 0 bridgehead atoms. The molecule has 32 heavy (non-hydrogen) atoms. The molecule has 1 aliphatic heterocycles. The van der Waals surface area contributed by atoms with Gasteiger partial charge < -0.3 is 19.1 Å². The summed E-state index contributed by atoms with van der Waals surface area (Å²) in [7, 11) is 0. The Morgan fingerprint density at radius 3 is 2.78 bits per heavy atom. The molecule has 0 fully saturated rings. The Kier molecular flexibility index (Phi) is 7.66. The largest absolute Gasteiger partial charge is 0.467 e. The Bertz CT molecular complexity index is 994. The van der Waals surface area contributed by atoms with E-state index in [0.717, 1.165) is 16.8 Å². The summed E-state index contributed by atoms with van der Waals surface area (Å²) in [5.74, 6) is 0.426. The lowest BCUT2D eigenvalue weighted by Crippen LogP contribution is -2.39. The highest BCUT2D eigenvalue weighted by Gasteiger charge is 2.25. The minimum absolute atomic E-state index is 0.144. The van der Waals surface area contributed by atoms with Crippen LogP contribution in [0.15, 0.2) is 82.6 Å². The zero-order valence-corrected chi connectivity index (χ0v) is 17.8. The van der Waals surface area contributed by atoms with Crippen LogP contribution in [0.3, 0.4) is 0 Å². The summed E-state index contributed by atoms with van der Waals surface area (Å²) in [5.41, 5.74) is 2.78. The molecule has 1 aromatic heterocycles. The summed E-state index contributed by atoms with van der Waals surface area (Å²) in [6.45, 7) is 1.85. The maximum Gasteiger partial charge on any atom is 0.145 e. The Morgan fingerprint density at radius 1 is 1.12 bits per heavy atom. The van der Waals surface area contributed by atoms with Crippen LogP contribution in [0, 0.1) is 5.82 Å². The van der Waals surface area contributed by atoms with Crippen LogP contribution in [-0.4, -0.2) is 47.6 Å². The van der Waals surface area contributed by atoms with E-state index in [2.05, 4.69) is 5.16 Å². The van der Waals surface area contributed by atoms with E-state index in [9.17, 15) is 9.50 Å². The predicted octanol–water partition coefficient (Wildman–Crippen LogP) is 3.99. The number of oxime groups is 1. The maximum absolute atomic E-state index is 13.7. The highest BCUT2D eigenvalue weighted by molar-refractivity contribution is 6.01. The monoisotopic (exact) mass is 438 g/mol. The molecule has 0 amide bonds. The van der Waals surface area contributed by atoms with Crippen molar-refractivity contribution in [3.05, 3.63) is 95.7 Å². The molecule has 0 aliphatic carbocycles. The van der Waals surface area contributed by atoms with Crippen molar-refractivity contribution in [2.45, 2.75) is 31.8 Å². The van der Waals surface area contributed by atoms with Gasteiger partial charge in [0.25, 0.3) is 0 Å². The highest BCUT2D eigenvalue weighted by atomic mass is 19.1. The average molecular weight is 438 g/mol. The average Bonchev–Trinajstić information content (AvgIpc) is 3.47. The molecule has 0 unspecified atom stereocenters. The smallest absolute Gasteiger partial charge is 0.145 e. The number of hydrogen-bond donors (Lipinski definition) is 1. The van der Waals surface area contributed by atoms with Crippen molar-refractivity contribution >= 4 is 5.71 Å². The minimum atomic E-state index is -0.713. The van der Waals surface area contributed by atoms with Gasteiger partial charge in [0.15, 0.2) is 0 Å². The fourth-order valence-electron chi connectivity index (χ4n) is 3.75. The van der Waals surface area contributed by atoms with Gasteiger partial charge >= 0.3 is 0 Å². The summed E-state index contributed by atoms with van der Waals surface area (Å²) < 4.78 is 24.5. The molecule has 2 heterocycles. The predicted molar refractivity (Wildman–Crippen MR) is 119 cm³/mol. The molecule has 1 N–H and O–H groups in total. The Balaban J connectivity index is 1.34. The van der Waals surface area contributed by atoms with Crippen molar-refractivity contribution in [2.75, 3.05) is 19.7 Å². The number of nitrogens with zero attached hydrogens (tertiary/aromatic N) is 2. The minimum Gasteiger partial charge on any atom is -0.467 e. The normalized spacial score (nSPS) is 16.7. The molecule has 1 aliphatic rings. The Hall–Kier alpha value is -3.00. The summed E-state index contributed by atoms with van der Waals surface area (Å²) in [6, 6.07) is 20.0. The highest BCUT2D eigenvalue weighted by Crippen LogP contribution is 2.19. The van der Waals surface area contributed by atoms with E-state index >= 15 is 0 Å². The van der Waals surface area contributed by atoms with E-state index < -0.39 is 6.10 Å². The van der Waals surface area contributed by atoms with Crippen LogP contribution < -0.4 is 0 Å².